The fourth-order valence-electron chi connectivity index (χ4n) is 1.41. The van der Waals surface area contributed by atoms with E-state index in [4.69, 9.17) is 4.74 Å². The fraction of sp³-hybridized carbons (Fsp3) is 0.167. The molecule has 0 atom stereocenters. The minimum Gasteiger partial charge on any atom is -0.462 e. The van der Waals surface area contributed by atoms with Gasteiger partial charge in [-0.15, -0.1) is 0 Å². The lowest BCUT2D eigenvalue weighted by Gasteiger charge is -2.02. The zero-order valence-electron chi connectivity index (χ0n) is 9.56. The van der Waals surface area contributed by atoms with Crippen molar-refractivity contribution in [3.05, 3.63) is 46.4 Å². The highest BCUT2D eigenvalue weighted by Crippen LogP contribution is 2.18. The van der Waals surface area contributed by atoms with E-state index in [9.17, 15) is 9.18 Å². The number of nitrogens with zero attached hydrogens (tertiary/aromatic N) is 2. The van der Waals surface area contributed by atoms with Gasteiger partial charge < -0.3 is 4.74 Å². The standard InChI is InChI=1S/C12H10BrFN2O2/c1-2-18-12(17)8-6-15-16(7-8)9-3-4-10(13)11(14)5-9/h3-7H,2H2,1H3. The molecule has 2 rings (SSSR count). The normalized spacial score (nSPS) is 10.4. The quantitative estimate of drug-likeness (QED) is 0.818. The average Bonchev–Trinajstić information content (AvgIpc) is 2.82. The SMILES string of the molecule is CCOC(=O)c1cnn(-c2ccc(Br)c(F)c2)c1. The Balaban J connectivity index is 2.29. The highest BCUT2D eigenvalue weighted by atomic mass is 79.9. The van der Waals surface area contributed by atoms with Crippen molar-refractivity contribution in [3.63, 3.8) is 0 Å². The summed E-state index contributed by atoms with van der Waals surface area (Å²) in [4.78, 5) is 11.5. The molecular weight excluding hydrogens is 303 g/mol. The third-order valence-electron chi connectivity index (χ3n) is 2.26. The molecule has 0 unspecified atom stereocenters. The van der Waals surface area contributed by atoms with Crippen molar-refractivity contribution in [3.8, 4) is 5.69 Å². The fourth-order valence-corrected chi connectivity index (χ4v) is 1.66. The van der Waals surface area contributed by atoms with Gasteiger partial charge >= 0.3 is 5.97 Å². The van der Waals surface area contributed by atoms with E-state index in [-0.39, 0.29) is 5.82 Å². The summed E-state index contributed by atoms with van der Waals surface area (Å²) in [6.45, 7) is 2.03. The Morgan fingerprint density at radius 1 is 1.56 bits per heavy atom. The lowest BCUT2D eigenvalue weighted by molar-refractivity contribution is 0.0526. The Hall–Kier alpha value is -1.69. The molecule has 0 bridgehead atoms. The van der Waals surface area contributed by atoms with Crippen LogP contribution in [-0.2, 0) is 4.74 Å². The van der Waals surface area contributed by atoms with Gasteiger partial charge in [0.2, 0.25) is 0 Å². The van der Waals surface area contributed by atoms with E-state index in [1.54, 1.807) is 19.1 Å². The first-order valence-corrected chi connectivity index (χ1v) is 6.08. The summed E-state index contributed by atoms with van der Waals surface area (Å²) in [7, 11) is 0. The number of aromatic nitrogens is 2. The molecule has 0 aliphatic carbocycles. The molecule has 0 saturated heterocycles. The highest BCUT2D eigenvalue weighted by Gasteiger charge is 2.10. The molecule has 1 aromatic heterocycles. The van der Waals surface area contributed by atoms with Gasteiger partial charge in [-0.2, -0.15) is 5.10 Å². The molecule has 0 N–H and O–H groups in total. The number of benzene rings is 1. The monoisotopic (exact) mass is 312 g/mol. The smallest absolute Gasteiger partial charge is 0.341 e. The van der Waals surface area contributed by atoms with Gasteiger partial charge in [0.25, 0.3) is 0 Å². The van der Waals surface area contributed by atoms with Crippen molar-refractivity contribution in [2.45, 2.75) is 6.92 Å². The summed E-state index contributed by atoms with van der Waals surface area (Å²) in [6.07, 6.45) is 2.89. The number of rotatable bonds is 3. The first kappa shape index (κ1) is 12.8. The molecule has 4 nitrogen and oxygen atoms in total. The predicted octanol–water partition coefficient (Wildman–Crippen LogP) is 2.95. The largest absolute Gasteiger partial charge is 0.462 e. The maximum atomic E-state index is 13.4. The van der Waals surface area contributed by atoms with E-state index < -0.39 is 5.97 Å². The van der Waals surface area contributed by atoms with Crippen molar-refractivity contribution < 1.29 is 13.9 Å². The molecule has 1 aromatic carbocycles. The van der Waals surface area contributed by atoms with Crippen molar-refractivity contribution in [1.82, 2.24) is 9.78 Å². The molecule has 0 fully saturated rings. The van der Waals surface area contributed by atoms with Crippen LogP contribution in [0.15, 0.2) is 35.1 Å². The van der Waals surface area contributed by atoms with Crippen LogP contribution in [0, 0.1) is 5.82 Å². The number of halogens is 2. The van der Waals surface area contributed by atoms with Gasteiger partial charge in [-0.1, -0.05) is 0 Å². The van der Waals surface area contributed by atoms with Crippen LogP contribution in [0.4, 0.5) is 4.39 Å². The Morgan fingerprint density at radius 2 is 2.33 bits per heavy atom. The van der Waals surface area contributed by atoms with E-state index in [2.05, 4.69) is 21.0 Å². The molecule has 0 spiro atoms. The molecular formula is C12H10BrFN2O2. The lowest BCUT2D eigenvalue weighted by Crippen LogP contribution is -2.03. The molecule has 0 amide bonds. The number of carbonyl (C=O) groups excluding carboxylic acids is 1. The molecule has 1 heterocycles. The zero-order valence-corrected chi connectivity index (χ0v) is 11.1. The molecule has 0 aliphatic heterocycles. The van der Waals surface area contributed by atoms with E-state index >= 15 is 0 Å². The number of carbonyl (C=O) groups is 1. The van der Waals surface area contributed by atoms with E-state index in [0.29, 0.717) is 22.3 Å². The summed E-state index contributed by atoms with van der Waals surface area (Å²) in [5.41, 5.74) is 0.867. The first-order chi connectivity index (χ1) is 8.61. The van der Waals surface area contributed by atoms with Crippen molar-refractivity contribution in [1.29, 1.82) is 0 Å². The summed E-state index contributed by atoms with van der Waals surface area (Å²) in [5, 5.41) is 3.99. The number of ether oxygens (including phenoxy) is 1. The maximum absolute atomic E-state index is 13.4. The zero-order chi connectivity index (χ0) is 13.1. The second kappa shape index (κ2) is 5.30. The second-order valence-corrected chi connectivity index (χ2v) is 4.35. The molecule has 6 heteroatoms. The number of esters is 1. The van der Waals surface area contributed by atoms with Crippen LogP contribution in [0.3, 0.4) is 0 Å². The van der Waals surface area contributed by atoms with E-state index in [1.807, 2.05) is 0 Å². The summed E-state index contributed by atoms with van der Waals surface area (Å²) in [6, 6.07) is 4.59. The minimum absolute atomic E-state index is 0.303. The van der Waals surface area contributed by atoms with Crippen LogP contribution < -0.4 is 0 Å². The van der Waals surface area contributed by atoms with E-state index in [1.165, 1.54) is 23.1 Å². The highest BCUT2D eigenvalue weighted by molar-refractivity contribution is 9.10. The van der Waals surface area contributed by atoms with Gasteiger partial charge in [0.15, 0.2) is 0 Å². The predicted molar refractivity (Wildman–Crippen MR) is 67.2 cm³/mol. The van der Waals surface area contributed by atoms with Crippen LogP contribution in [0.2, 0.25) is 0 Å². The Morgan fingerprint density at radius 3 is 3.00 bits per heavy atom. The molecule has 0 saturated carbocycles. The van der Waals surface area contributed by atoms with Crippen molar-refractivity contribution >= 4 is 21.9 Å². The van der Waals surface area contributed by atoms with Crippen molar-refractivity contribution in [2.75, 3.05) is 6.61 Å². The van der Waals surface area contributed by atoms with Crippen LogP contribution in [-0.4, -0.2) is 22.4 Å². The summed E-state index contributed by atoms with van der Waals surface area (Å²) >= 11 is 3.07. The Labute approximate surface area is 111 Å². The van der Waals surface area contributed by atoms with Gasteiger partial charge in [0, 0.05) is 12.3 Å². The van der Waals surface area contributed by atoms with Gasteiger partial charge in [-0.3, -0.25) is 0 Å². The maximum Gasteiger partial charge on any atom is 0.341 e. The third kappa shape index (κ3) is 2.59. The molecule has 0 radical (unpaired) electrons. The van der Waals surface area contributed by atoms with Crippen LogP contribution in [0.5, 0.6) is 0 Å². The lowest BCUT2D eigenvalue weighted by atomic mass is 10.3. The van der Waals surface area contributed by atoms with Gasteiger partial charge in [-0.25, -0.2) is 13.9 Å². The van der Waals surface area contributed by atoms with Gasteiger partial charge in [-0.05, 0) is 35.0 Å². The third-order valence-corrected chi connectivity index (χ3v) is 2.90. The summed E-state index contributed by atoms with van der Waals surface area (Å²) in [5.74, 6) is -0.831. The molecule has 0 aliphatic rings. The van der Waals surface area contributed by atoms with Gasteiger partial charge in [0.05, 0.1) is 28.5 Å². The summed E-state index contributed by atoms with van der Waals surface area (Å²) < 4.78 is 20.0. The van der Waals surface area contributed by atoms with Crippen LogP contribution in [0.25, 0.3) is 5.69 Å². The Bertz CT molecular complexity index is 583. The topological polar surface area (TPSA) is 44.1 Å². The first-order valence-electron chi connectivity index (χ1n) is 5.29. The second-order valence-electron chi connectivity index (χ2n) is 3.49. The Kier molecular flexibility index (Phi) is 3.76. The minimum atomic E-state index is -0.443. The average molecular weight is 313 g/mol. The molecule has 2 aromatic rings. The molecule has 94 valence electrons. The van der Waals surface area contributed by atoms with Gasteiger partial charge in [0.1, 0.15) is 5.82 Å². The number of hydrogen-bond acceptors (Lipinski definition) is 3. The number of hydrogen-bond donors (Lipinski definition) is 0. The van der Waals surface area contributed by atoms with Crippen molar-refractivity contribution in [2.24, 2.45) is 0 Å². The van der Waals surface area contributed by atoms with E-state index in [0.717, 1.165) is 0 Å². The molecule has 18 heavy (non-hydrogen) atoms. The van der Waals surface area contributed by atoms with Crippen LogP contribution >= 0.6 is 15.9 Å². The van der Waals surface area contributed by atoms with Crippen LogP contribution in [0.1, 0.15) is 17.3 Å².